The minimum Gasteiger partial charge on any atom is -0.496 e. The van der Waals surface area contributed by atoms with Crippen molar-refractivity contribution in [3.63, 3.8) is 0 Å². The highest BCUT2D eigenvalue weighted by Gasteiger charge is 2.26. The number of halogens is 1. The van der Waals surface area contributed by atoms with Crippen LogP contribution in [-0.4, -0.2) is 31.0 Å². The topological polar surface area (TPSA) is 41.6 Å². The molecule has 0 spiro atoms. The summed E-state index contributed by atoms with van der Waals surface area (Å²) in [7, 11) is 3.49. The van der Waals surface area contributed by atoms with Gasteiger partial charge in [0.2, 0.25) is 5.91 Å². The molecule has 2 aromatic carbocycles. The second-order valence-electron chi connectivity index (χ2n) is 6.06. The lowest BCUT2D eigenvalue weighted by Crippen LogP contribution is -2.48. The Morgan fingerprint density at radius 2 is 2.04 bits per heavy atom. The molecule has 126 valence electrons. The molecule has 0 bridgehead atoms. The van der Waals surface area contributed by atoms with Crippen molar-refractivity contribution in [3.8, 4) is 5.75 Å². The van der Waals surface area contributed by atoms with Crippen molar-refractivity contribution in [1.82, 2.24) is 10.2 Å². The smallest absolute Gasteiger partial charge is 0.240 e. The van der Waals surface area contributed by atoms with Crippen LogP contribution in [0.25, 0.3) is 0 Å². The molecule has 0 saturated carbocycles. The summed E-state index contributed by atoms with van der Waals surface area (Å²) in [5.41, 5.74) is 3.51. The fourth-order valence-electron chi connectivity index (χ4n) is 3.10. The third-order valence-corrected chi connectivity index (χ3v) is 4.90. The van der Waals surface area contributed by atoms with Crippen molar-refractivity contribution in [2.75, 3.05) is 14.2 Å². The molecule has 1 aliphatic heterocycles. The summed E-state index contributed by atoms with van der Waals surface area (Å²) in [5, 5.41) is 3.35. The fourth-order valence-corrected chi connectivity index (χ4v) is 3.51. The van der Waals surface area contributed by atoms with Crippen LogP contribution >= 0.6 is 15.9 Å². The van der Waals surface area contributed by atoms with Gasteiger partial charge < -0.3 is 15.0 Å². The summed E-state index contributed by atoms with van der Waals surface area (Å²) in [5.74, 6) is 0.895. The summed E-state index contributed by atoms with van der Waals surface area (Å²) in [6.07, 6.45) is 0.731. The van der Waals surface area contributed by atoms with E-state index in [-0.39, 0.29) is 11.9 Å². The summed E-state index contributed by atoms with van der Waals surface area (Å²) in [6.45, 7) is 1.25. The van der Waals surface area contributed by atoms with Crippen LogP contribution in [0.5, 0.6) is 5.75 Å². The number of nitrogens with one attached hydrogen (secondary N) is 1. The van der Waals surface area contributed by atoms with Gasteiger partial charge in [-0.25, -0.2) is 0 Å². The fraction of sp³-hybridized carbons (Fsp3) is 0.316. The predicted molar refractivity (Wildman–Crippen MR) is 97.9 cm³/mol. The number of hydrogen-bond donors (Lipinski definition) is 1. The number of ether oxygens (including phenoxy) is 1. The number of carbonyl (C=O) groups excluding carboxylic acids is 1. The lowest BCUT2D eigenvalue weighted by Gasteiger charge is -2.29. The number of amides is 1. The van der Waals surface area contributed by atoms with Gasteiger partial charge in [-0.05, 0) is 35.7 Å². The maximum atomic E-state index is 12.8. The number of methoxy groups -OCH3 is 1. The number of likely N-dealkylation sites (N-methyl/N-ethyl adjacent to an activating group) is 1. The van der Waals surface area contributed by atoms with Gasteiger partial charge in [0.15, 0.2) is 0 Å². The van der Waals surface area contributed by atoms with E-state index in [1.165, 1.54) is 11.1 Å². The van der Waals surface area contributed by atoms with Gasteiger partial charge in [0.1, 0.15) is 5.75 Å². The van der Waals surface area contributed by atoms with Crippen LogP contribution in [-0.2, 0) is 24.3 Å². The molecule has 1 aliphatic rings. The van der Waals surface area contributed by atoms with E-state index in [1.807, 2.05) is 37.4 Å². The first-order valence-electron chi connectivity index (χ1n) is 7.96. The van der Waals surface area contributed by atoms with Crippen LogP contribution in [0, 0.1) is 0 Å². The van der Waals surface area contributed by atoms with Crippen LogP contribution in [0.2, 0.25) is 0 Å². The third-order valence-electron chi connectivity index (χ3n) is 4.41. The summed E-state index contributed by atoms with van der Waals surface area (Å²) in [6, 6.07) is 13.9. The number of nitrogens with zero attached hydrogens (tertiary/aromatic N) is 1. The minimum absolute atomic E-state index is 0.103. The monoisotopic (exact) mass is 388 g/mol. The van der Waals surface area contributed by atoms with Crippen LogP contribution in [0.4, 0.5) is 0 Å². The zero-order valence-corrected chi connectivity index (χ0v) is 15.5. The molecule has 1 N–H and O–H groups in total. The lowest BCUT2D eigenvalue weighted by molar-refractivity contribution is -0.132. The van der Waals surface area contributed by atoms with Crippen LogP contribution in [0.3, 0.4) is 0 Å². The first-order valence-corrected chi connectivity index (χ1v) is 8.75. The second kappa shape index (κ2) is 7.36. The van der Waals surface area contributed by atoms with Crippen LogP contribution in [0.1, 0.15) is 16.7 Å². The minimum atomic E-state index is -0.178. The number of carbonyl (C=O) groups is 1. The van der Waals surface area contributed by atoms with Gasteiger partial charge in [0.25, 0.3) is 0 Å². The van der Waals surface area contributed by atoms with Crippen LogP contribution < -0.4 is 10.1 Å². The molecule has 0 radical (unpaired) electrons. The number of benzene rings is 2. The summed E-state index contributed by atoms with van der Waals surface area (Å²) < 4.78 is 6.37. The highest BCUT2D eigenvalue weighted by atomic mass is 79.9. The van der Waals surface area contributed by atoms with E-state index >= 15 is 0 Å². The normalized spacial score (nSPS) is 16.4. The molecule has 1 atom stereocenters. The number of rotatable bonds is 4. The number of fused-ring (bicyclic) bond motifs is 1. The number of hydrogen-bond acceptors (Lipinski definition) is 3. The molecule has 1 heterocycles. The van der Waals surface area contributed by atoms with Gasteiger partial charge >= 0.3 is 0 Å². The van der Waals surface area contributed by atoms with Gasteiger partial charge in [-0.2, -0.15) is 0 Å². The van der Waals surface area contributed by atoms with Crippen molar-refractivity contribution < 1.29 is 9.53 Å². The van der Waals surface area contributed by atoms with Gasteiger partial charge in [-0.15, -0.1) is 0 Å². The van der Waals surface area contributed by atoms with E-state index in [0.29, 0.717) is 6.54 Å². The predicted octanol–water partition coefficient (Wildman–Crippen LogP) is 3.13. The van der Waals surface area contributed by atoms with Gasteiger partial charge in [0.05, 0.1) is 13.2 Å². The van der Waals surface area contributed by atoms with E-state index in [9.17, 15) is 4.79 Å². The molecular weight excluding hydrogens is 368 g/mol. The van der Waals surface area contributed by atoms with E-state index in [0.717, 1.165) is 28.8 Å². The van der Waals surface area contributed by atoms with Crippen molar-refractivity contribution in [1.29, 1.82) is 0 Å². The first kappa shape index (κ1) is 17.0. The summed E-state index contributed by atoms with van der Waals surface area (Å²) in [4.78, 5) is 14.6. The second-order valence-corrected chi connectivity index (χ2v) is 6.97. The van der Waals surface area contributed by atoms with Gasteiger partial charge in [0, 0.05) is 30.2 Å². The average molecular weight is 389 g/mol. The standard InChI is InChI=1S/C19H21BrN2O2/c1-22(12-15-9-16(20)7-8-18(15)24-2)19(23)17-10-13-5-3-4-6-14(13)11-21-17/h3-9,17,21H,10-12H2,1-2H3. The SMILES string of the molecule is COc1ccc(Br)cc1CN(C)C(=O)C1Cc2ccccc2CN1. The molecule has 2 aromatic rings. The van der Waals surface area contributed by atoms with E-state index in [1.54, 1.807) is 12.0 Å². The quantitative estimate of drug-likeness (QED) is 0.874. The Hall–Kier alpha value is -1.85. The summed E-state index contributed by atoms with van der Waals surface area (Å²) >= 11 is 3.48. The Kier molecular flexibility index (Phi) is 5.21. The van der Waals surface area contributed by atoms with Crippen molar-refractivity contribution in [2.24, 2.45) is 0 Å². The van der Waals surface area contributed by atoms with E-state index in [4.69, 9.17) is 4.74 Å². The molecule has 0 aromatic heterocycles. The molecule has 1 unspecified atom stereocenters. The highest BCUT2D eigenvalue weighted by Crippen LogP contribution is 2.25. The van der Waals surface area contributed by atoms with Crippen molar-refractivity contribution in [3.05, 3.63) is 63.6 Å². The van der Waals surface area contributed by atoms with Crippen LogP contribution in [0.15, 0.2) is 46.9 Å². The maximum Gasteiger partial charge on any atom is 0.240 e. The first-order chi connectivity index (χ1) is 11.6. The molecule has 0 saturated heterocycles. The zero-order valence-electron chi connectivity index (χ0n) is 13.9. The molecule has 5 heteroatoms. The van der Waals surface area contributed by atoms with E-state index < -0.39 is 0 Å². The molecule has 1 amide bonds. The molecule has 3 rings (SSSR count). The Morgan fingerprint density at radius 1 is 1.29 bits per heavy atom. The average Bonchev–Trinajstić information content (AvgIpc) is 2.61. The van der Waals surface area contributed by atoms with Crippen molar-refractivity contribution >= 4 is 21.8 Å². The highest BCUT2D eigenvalue weighted by molar-refractivity contribution is 9.10. The Labute approximate surface area is 150 Å². The third kappa shape index (κ3) is 3.62. The van der Waals surface area contributed by atoms with Gasteiger partial charge in [-0.1, -0.05) is 40.2 Å². The van der Waals surface area contributed by atoms with Gasteiger partial charge in [-0.3, -0.25) is 4.79 Å². The Balaban J connectivity index is 1.71. The molecular formula is C19H21BrN2O2. The van der Waals surface area contributed by atoms with E-state index in [2.05, 4.69) is 33.4 Å². The molecule has 0 fully saturated rings. The maximum absolute atomic E-state index is 12.8. The molecule has 4 nitrogen and oxygen atoms in total. The lowest BCUT2D eigenvalue weighted by atomic mass is 9.95. The molecule has 24 heavy (non-hydrogen) atoms. The molecule has 0 aliphatic carbocycles. The van der Waals surface area contributed by atoms with Crippen molar-refractivity contribution in [2.45, 2.75) is 25.6 Å². The zero-order chi connectivity index (χ0) is 17.1. The Morgan fingerprint density at radius 3 is 2.79 bits per heavy atom. The Bertz CT molecular complexity index is 748. The largest absolute Gasteiger partial charge is 0.496 e.